The fourth-order valence-electron chi connectivity index (χ4n) is 3.33. The Hall–Kier alpha value is -3.01. The average Bonchev–Trinajstić information content (AvgIpc) is 2.95. The Kier molecular flexibility index (Phi) is 4.61. The number of benzene rings is 2. The van der Waals surface area contributed by atoms with Gasteiger partial charge >= 0.3 is 5.97 Å². The monoisotopic (exact) mass is 335 g/mol. The normalized spacial score (nSPS) is 10.7. The summed E-state index contributed by atoms with van der Waals surface area (Å²) in [5, 5.41) is 9.76. The van der Waals surface area contributed by atoms with E-state index in [9.17, 15) is 9.90 Å². The first-order valence-electron chi connectivity index (χ1n) is 8.25. The Balaban J connectivity index is 2.34. The molecule has 0 amide bonds. The van der Waals surface area contributed by atoms with Gasteiger partial charge in [-0.25, -0.2) is 4.79 Å². The van der Waals surface area contributed by atoms with E-state index < -0.39 is 5.97 Å². The Morgan fingerprint density at radius 1 is 1.08 bits per heavy atom. The van der Waals surface area contributed by atoms with Crippen LogP contribution in [-0.4, -0.2) is 22.8 Å². The smallest absolute Gasteiger partial charge is 0.337 e. The van der Waals surface area contributed by atoms with E-state index in [0.717, 1.165) is 34.0 Å². The maximum Gasteiger partial charge on any atom is 0.337 e. The van der Waals surface area contributed by atoms with Crippen molar-refractivity contribution in [2.24, 2.45) is 0 Å². The van der Waals surface area contributed by atoms with Gasteiger partial charge in [-0.3, -0.25) is 0 Å². The van der Waals surface area contributed by atoms with Crippen LogP contribution in [0.3, 0.4) is 0 Å². The zero-order chi connectivity index (χ0) is 18.0. The number of ether oxygens (including phenoxy) is 1. The fraction of sp³-hybridized carbons (Fsp3) is 0.190. The number of methoxy groups -OCH3 is 1. The summed E-state index contributed by atoms with van der Waals surface area (Å²) in [5.41, 5.74) is 4.82. The summed E-state index contributed by atoms with van der Waals surface area (Å²) in [6, 6.07) is 17.6. The van der Waals surface area contributed by atoms with Crippen LogP contribution in [0.2, 0.25) is 0 Å². The summed E-state index contributed by atoms with van der Waals surface area (Å²) < 4.78 is 7.26. The molecule has 0 saturated heterocycles. The third-order valence-electron chi connectivity index (χ3n) is 4.45. The van der Waals surface area contributed by atoms with Crippen molar-refractivity contribution >= 4 is 5.97 Å². The zero-order valence-corrected chi connectivity index (χ0v) is 14.6. The van der Waals surface area contributed by atoms with Gasteiger partial charge in [0.25, 0.3) is 0 Å². The Labute approximate surface area is 147 Å². The van der Waals surface area contributed by atoms with Crippen LogP contribution in [0.25, 0.3) is 16.9 Å². The summed E-state index contributed by atoms with van der Waals surface area (Å²) >= 11 is 0. The minimum Gasteiger partial charge on any atom is -0.497 e. The lowest BCUT2D eigenvalue weighted by Gasteiger charge is -2.14. The predicted molar refractivity (Wildman–Crippen MR) is 98.8 cm³/mol. The highest BCUT2D eigenvalue weighted by Gasteiger charge is 2.25. The van der Waals surface area contributed by atoms with Gasteiger partial charge in [-0.2, -0.15) is 0 Å². The van der Waals surface area contributed by atoms with Gasteiger partial charge in [0.2, 0.25) is 0 Å². The Morgan fingerprint density at radius 3 is 2.24 bits per heavy atom. The Morgan fingerprint density at radius 2 is 1.72 bits per heavy atom. The molecule has 25 heavy (non-hydrogen) atoms. The quantitative estimate of drug-likeness (QED) is 0.734. The van der Waals surface area contributed by atoms with E-state index in [1.54, 1.807) is 7.11 Å². The molecule has 2 aromatic carbocycles. The van der Waals surface area contributed by atoms with Crippen molar-refractivity contribution in [2.75, 3.05) is 7.11 Å². The van der Waals surface area contributed by atoms with E-state index >= 15 is 0 Å². The van der Waals surface area contributed by atoms with Crippen molar-refractivity contribution in [3.05, 3.63) is 71.4 Å². The number of carboxylic acid groups (broad SMARTS) is 1. The molecule has 4 nitrogen and oxygen atoms in total. The summed E-state index contributed by atoms with van der Waals surface area (Å²) in [5.74, 6) is -0.122. The molecule has 3 aromatic rings. The van der Waals surface area contributed by atoms with Gasteiger partial charge in [0.1, 0.15) is 5.75 Å². The number of hydrogen-bond acceptors (Lipinski definition) is 2. The van der Waals surface area contributed by atoms with E-state index in [1.807, 2.05) is 73.0 Å². The van der Waals surface area contributed by atoms with E-state index in [4.69, 9.17) is 4.74 Å². The standard InChI is InChI=1S/C21H21NO3/c1-4-18-19(21(23)24)14(2)22(16-10-12-17(25-3)13-11-16)20(18)15-8-6-5-7-9-15/h5-13H,4H2,1-3H3,(H,23,24). The van der Waals surface area contributed by atoms with Gasteiger partial charge in [-0.1, -0.05) is 37.3 Å². The molecule has 0 aliphatic rings. The lowest BCUT2D eigenvalue weighted by molar-refractivity contribution is 0.0695. The molecule has 1 aromatic heterocycles. The fourth-order valence-corrected chi connectivity index (χ4v) is 3.33. The molecule has 0 radical (unpaired) electrons. The van der Waals surface area contributed by atoms with E-state index in [1.165, 1.54) is 0 Å². The third kappa shape index (κ3) is 2.91. The van der Waals surface area contributed by atoms with Crippen molar-refractivity contribution in [1.29, 1.82) is 0 Å². The molecule has 4 heteroatoms. The van der Waals surface area contributed by atoms with E-state index in [-0.39, 0.29) is 0 Å². The van der Waals surface area contributed by atoms with Crippen LogP contribution in [-0.2, 0) is 6.42 Å². The summed E-state index contributed by atoms with van der Waals surface area (Å²) in [7, 11) is 1.63. The van der Waals surface area contributed by atoms with Gasteiger partial charge < -0.3 is 14.4 Å². The van der Waals surface area contributed by atoms with Crippen molar-refractivity contribution < 1.29 is 14.6 Å². The highest BCUT2D eigenvalue weighted by atomic mass is 16.5. The van der Waals surface area contributed by atoms with Crippen LogP contribution < -0.4 is 4.74 Å². The highest BCUT2D eigenvalue weighted by molar-refractivity contribution is 5.94. The van der Waals surface area contributed by atoms with E-state index in [0.29, 0.717) is 12.0 Å². The molecule has 0 aliphatic carbocycles. The highest BCUT2D eigenvalue weighted by Crippen LogP contribution is 2.35. The maximum atomic E-state index is 11.9. The maximum absolute atomic E-state index is 11.9. The largest absolute Gasteiger partial charge is 0.497 e. The SMILES string of the molecule is CCc1c(C(=O)O)c(C)n(-c2ccc(OC)cc2)c1-c1ccccc1. The predicted octanol–water partition coefficient (Wildman–Crippen LogP) is 4.72. The number of hydrogen-bond donors (Lipinski definition) is 1. The Bertz CT molecular complexity index is 893. The number of rotatable bonds is 5. The molecule has 0 fully saturated rings. The van der Waals surface area contributed by atoms with Crippen molar-refractivity contribution in [1.82, 2.24) is 4.57 Å². The summed E-state index contributed by atoms with van der Waals surface area (Å²) in [4.78, 5) is 11.9. The number of aromatic carboxylic acids is 1. The van der Waals surface area contributed by atoms with Crippen LogP contribution in [0.1, 0.15) is 28.5 Å². The minimum absolute atomic E-state index is 0.386. The number of nitrogens with zero attached hydrogens (tertiary/aromatic N) is 1. The van der Waals surface area contributed by atoms with Gasteiger partial charge in [-0.05, 0) is 48.7 Å². The van der Waals surface area contributed by atoms with Crippen LogP contribution >= 0.6 is 0 Å². The number of carbonyl (C=O) groups is 1. The first kappa shape index (κ1) is 16.8. The lowest BCUT2D eigenvalue weighted by atomic mass is 10.0. The van der Waals surface area contributed by atoms with Crippen LogP contribution in [0.15, 0.2) is 54.6 Å². The number of aromatic nitrogens is 1. The van der Waals surface area contributed by atoms with E-state index in [2.05, 4.69) is 0 Å². The third-order valence-corrected chi connectivity index (χ3v) is 4.45. The first-order valence-corrected chi connectivity index (χ1v) is 8.25. The second-order valence-electron chi connectivity index (χ2n) is 5.85. The minimum atomic E-state index is -0.890. The molecule has 1 heterocycles. The summed E-state index contributed by atoms with van der Waals surface area (Å²) in [6.45, 7) is 3.85. The average molecular weight is 335 g/mol. The molecule has 3 rings (SSSR count). The number of carboxylic acids is 1. The molecule has 0 aliphatic heterocycles. The molecule has 0 bridgehead atoms. The molecule has 0 saturated carbocycles. The second-order valence-corrected chi connectivity index (χ2v) is 5.85. The molecule has 0 atom stereocenters. The topological polar surface area (TPSA) is 51.5 Å². The molecule has 0 unspecified atom stereocenters. The van der Waals surface area contributed by atoms with Gasteiger partial charge in [0.15, 0.2) is 0 Å². The van der Waals surface area contributed by atoms with Gasteiger partial charge in [-0.15, -0.1) is 0 Å². The van der Waals surface area contributed by atoms with Crippen LogP contribution in [0, 0.1) is 6.92 Å². The van der Waals surface area contributed by atoms with Crippen molar-refractivity contribution in [3.63, 3.8) is 0 Å². The molecule has 1 N–H and O–H groups in total. The summed E-state index contributed by atoms with van der Waals surface area (Å²) in [6.07, 6.45) is 0.649. The first-order chi connectivity index (χ1) is 12.1. The van der Waals surface area contributed by atoms with Crippen LogP contribution in [0.5, 0.6) is 5.75 Å². The molecule has 128 valence electrons. The van der Waals surface area contributed by atoms with Crippen LogP contribution in [0.4, 0.5) is 0 Å². The van der Waals surface area contributed by atoms with Crippen molar-refractivity contribution in [2.45, 2.75) is 20.3 Å². The van der Waals surface area contributed by atoms with Crippen molar-refractivity contribution in [3.8, 4) is 22.7 Å². The van der Waals surface area contributed by atoms with Gasteiger partial charge in [0.05, 0.1) is 18.4 Å². The molecule has 0 spiro atoms. The second kappa shape index (κ2) is 6.85. The van der Waals surface area contributed by atoms with Gasteiger partial charge in [0, 0.05) is 11.4 Å². The molecular formula is C21H21NO3. The molecular weight excluding hydrogens is 314 g/mol. The lowest BCUT2D eigenvalue weighted by Crippen LogP contribution is -2.03. The zero-order valence-electron chi connectivity index (χ0n) is 14.6.